The van der Waals surface area contributed by atoms with Gasteiger partial charge in [0.05, 0.1) is 10.8 Å². The van der Waals surface area contributed by atoms with Crippen LogP contribution in [0.5, 0.6) is 0 Å². The lowest BCUT2D eigenvalue weighted by molar-refractivity contribution is -0.120. The second-order valence-electron chi connectivity index (χ2n) is 7.80. The Morgan fingerprint density at radius 3 is 2.45 bits per heavy atom. The molecule has 5 nitrogen and oxygen atoms in total. The summed E-state index contributed by atoms with van der Waals surface area (Å²) in [5.74, 6) is -0.459. The van der Waals surface area contributed by atoms with E-state index in [0.717, 1.165) is 30.5 Å². The van der Waals surface area contributed by atoms with Crippen molar-refractivity contribution >= 4 is 21.6 Å². The van der Waals surface area contributed by atoms with Gasteiger partial charge in [-0.25, -0.2) is 8.42 Å². The maximum absolute atomic E-state index is 12.9. The van der Waals surface area contributed by atoms with Gasteiger partial charge in [0.25, 0.3) is 0 Å². The molecule has 1 fully saturated rings. The molecule has 3 rings (SSSR count). The first-order valence-corrected chi connectivity index (χ1v) is 11.8. The van der Waals surface area contributed by atoms with E-state index < -0.39 is 10.0 Å². The number of piperidine rings is 1. The monoisotopic (exact) mass is 414 g/mol. The van der Waals surface area contributed by atoms with E-state index in [-0.39, 0.29) is 23.3 Å². The molecule has 156 valence electrons. The van der Waals surface area contributed by atoms with Crippen molar-refractivity contribution in [3.05, 3.63) is 59.7 Å². The summed E-state index contributed by atoms with van der Waals surface area (Å²) in [6, 6.07) is 14.8. The zero-order valence-corrected chi connectivity index (χ0v) is 18.0. The van der Waals surface area contributed by atoms with E-state index in [2.05, 4.69) is 12.2 Å². The Labute approximate surface area is 174 Å². The Hall–Kier alpha value is -2.18. The van der Waals surface area contributed by atoms with Crippen molar-refractivity contribution in [2.45, 2.75) is 50.8 Å². The average molecular weight is 415 g/mol. The molecular formula is C23H30N2O3S. The molecule has 1 atom stereocenters. The van der Waals surface area contributed by atoms with Gasteiger partial charge in [-0.05, 0) is 62.4 Å². The highest BCUT2D eigenvalue weighted by Gasteiger charge is 2.33. The lowest BCUT2D eigenvalue weighted by atomic mass is 9.98. The molecular weight excluding hydrogens is 384 g/mol. The molecule has 1 N–H and O–H groups in total. The normalized spacial score (nSPS) is 17.8. The number of nitrogens with one attached hydrogen (secondary N) is 1. The highest BCUT2D eigenvalue weighted by Crippen LogP contribution is 2.25. The van der Waals surface area contributed by atoms with Gasteiger partial charge in [-0.1, -0.05) is 43.2 Å². The fourth-order valence-electron chi connectivity index (χ4n) is 3.61. The molecule has 0 bridgehead atoms. The van der Waals surface area contributed by atoms with Crippen LogP contribution >= 0.6 is 0 Å². The van der Waals surface area contributed by atoms with Crippen LogP contribution in [0.25, 0.3) is 0 Å². The number of amides is 1. The van der Waals surface area contributed by atoms with Crippen LogP contribution in [0.2, 0.25) is 0 Å². The molecule has 6 heteroatoms. The third kappa shape index (κ3) is 5.46. The molecule has 0 aliphatic carbocycles. The summed E-state index contributed by atoms with van der Waals surface area (Å²) in [7, 11) is -3.58. The number of nitrogens with zero attached hydrogens (tertiary/aromatic N) is 1. The second-order valence-corrected chi connectivity index (χ2v) is 9.74. The van der Waals surface area contributed by atoms with E-state index in [0.29, 0.717) is 19.4 Å². The van der Waals surface area contributed by atoms with Crippen LogP contribution < -0.4 is 5.32 Å². The molecule has 2 aromatic carbocycles. The topological polar surface area (TPSA) is 66.5 Å². The lowest BCUT2D eigenvalue weighted by Gasteiger charge is -2.31. The summed E-state index contributed by atoms with van der Waals surface area (Å²) in [6.07, 6.45) is 4.72. The van der Waals surface area contributed by atoms with Crippen LogP contribution in [0.3, 0.4) is 0 Å². The summed E-state index contributed by atoms with van der Waals surface area (Å²) >= 11 is 0. The van der Waals surface area contributed by atoms with Gasteiger partial charge in [0.2, 0.25) is 15.9 Å². The molecule has 1 aliphatic rings. The van der Waals surface area contributed by atoms with Crippen LogP contribution in [0.4, 0.5) is 5.69 Å². The molecule has 29 heavy (non-hydrogen) atoms. The smallest absolute Gasteiger partial charge is 0.243 e. The Kier molecular flexibility index (Phi) is 7.09. The quantitative estimate of drug-likeness (QED) is 0.731. The van der Waals surface area contributed by atoms with Crippen LogP contribution in [-0.2, 0) is 21.2 Å². The van der Waals surface area contributed by atoms with E-state index in [4.69, 9.17) is 0 Å². The number of benzene rings is 2. The SMILES string of the molecule is CCCCc1ccc(NC(=O)[C@H]2CCCN(S(=O)(=O)c3ccc(C)cc3)C2)cc1. The Balaban J connectivity index is 1.64. The maximum Gasteiger partial charge on any atom is 0.243 e. The largest absolute Gasteiger partial charge is 0.326 e. The van der Waals surface area contributed by atoms with E-state index in [1.807, 2.05) is 31.2 Å². The van der Waals surface area contributed by atoms with Gasteiger partial charge in [0.1, 0.15) is 0 Å². The van der Waals surface area contributed by atoms with Crippen LogP contribution in [-0.4, -0.2) is 31.7 Å². The predicted octanol–water partition coefficient (Wildman–Crippen LogP) is 4.38. The van der Waals surface area contributed by atoms with Crippen LogP contribution in [0.15, 0.2) is 53.4 Å². The molecule has 2 aromatic rings. The minimum atomic E-state index is -3.58. The third-order valence-corrected chi connectivity index (χ3v) is 7.33. The van der Waals surface area contributed by atoms with Crippen molar-refractivity contribution in [2.75, 3.05) is 18.4 Å². The van der Waals surface area contributed by atoms with Gasteiger partial charge in [-0.15, -0.1) is 0 Å². The second kappa shape index (κ2) is 9.55. The summed E-state index contributed by atoms with van der Waals surface area (Å²) in [6.45, 7) is 4.76. The van der Waals surface area contributed by atoms with Crippen molar-refractivity contribution < 1.29 is 13.2 Å². The molecule has 1 amide bonds. The molecule has 0 aromatic heterocycles. The van der Waals surface area contributed by atoms with Crippen molar-refractivity contribution in [3.8, 4) is 0 Å². The van der Waals surface area contributed by atoms with E-state index in [9.17, 15) is 13.2 Å². The fraction of sp³-hybridized carbons (Fsp3) is 0.435. The average Bonchev–Trinajstić information content (AvgIpc) is 2.73. The van der Waals surface area contributed by atoms with Crippen LogP contribution in [0, 0.1) is 12.8 Å². The number of carbonyl (C=O) groups is 1. The van der Waals surface area contributed by atoms with Crippen molar-refractivity contribution in [1.29, 1.82) is 0 Å². The molecule has 0 saturated carbocycles. The van der Waals surface area contributed by atoms with Crippen LogP contribution in [0.1, 0.15) is 43.7 Å². The molecule has 1 aliphatic heterocycles. The summed E-state index contributed by atoms with van der Waals surface area (Å²) in [5, 5.41) is 2.95. The number of hydrogen-bond donors (Lipinski definition) is 1. The Bertz CT molecular complexity index is 922. The Morgan fingerprint density at radius 2 is 1.79 bits per heavy atom. The van der Waals surface area contributed by atoms with Gasteiger partial charge in [0.15, 0.2) is 0 Å². The number of aryl methyl sites for hydroxylation is 2. The zero-order valence-electron chi connectivity index (χ0n) is 17.2. The first-order valence-electron chi connectivity index (χ1n) is 10.4. The first kappa shape index (κ1) is 21.5. The Morgan fingerprint density at radius 1 is 1.10 bits per heavy atom. The lowest BCUT2D eigenvalue weighted by Crippen LogP contribution is -2.43. The molecule has 0 spiro atoms. The van der Waals surface area contributed by atoms with Crippen molar-refractivity contribution in [1.82, 2.24) is 4.31 Å². The number of hydrogen-bond acceptors (Lipinski definition) is 3. The molecule has 0 unspecified atom stereocenters. The van der Waals surface area contributed by atoms with Gasteiger partial charge in [-0.2, -0.15) is 4.31 Å². The summed E-state index contributed by atoms with van der Waals surface area (Å²) in [5.41, 5.74) is 3.03. The zero-order chi connectivity index (χ0) is 20.9. The molecule has 1 saturated heterocycles. The van der Waals surface area contributed by atoms with Gasteiger partial charge < -0.3 is 5.32 Å². The van der Waals surface area contributed by atoms with E-state index in [1.165, 1.54) is 9.87 Å². The number of anilines is 1. The standard InChI is InChI=1S/C23H30N2O3S/c1-3-4-6-19-10-12-21(13-11-19)24-23(26)20-7-5-16-25(17-20)29(27,28)22-14-8-18(2)9-15-22/h8-15,20H,3-7,16-17H2,1-2H3,(H,24,26)/t20-/m0/s1. The number of sulfonamides is 1. The maximum atomic E-state index is 12.9. The minimum absolute atomic E-state index is 0.116. The molecule has 1 heterocycles. The number of unbranched alkanes of at least 4 members (excludes halogenated alkanes) is 1. The highest BCUT2D eigenvalue weighted by molar-refractivity contribution is 7.89. The summed E-state index contributed by atoms with van der Waals surface area (Å²) < 4.78 is 27.3. The van der Waals surface area contributed by atoms with Gasteiger partial charge in [0, 0.05) is 18.8 Å². The van der Waals surface area contributed by atoms with Gasteiger partial charge >= 0.3 is 0 Å². The predicted molar refractivity (Wildman–Crippen MR) is 116 cm³/mol. The van der Waals surface area contributed by atoms with E-state index in [1.54, 1.807) is 24.3 Å². The van der Waals surface area contributed by atoms with Crippen molar-refractivity contribution in [2.24, 2.45) is 5.92 Å². The first-order chi connectivity index (χ1) is 13.9. The number of carbonyl (C=O) groups excluding carboxylic acids is 1. The minimum Gasteiger partial charge on any atom is -0.326 e. The molecule has 0 radical (unpaired) electrons. The van der Waals surface area contributed by atoms with Crippen molar-refractivity contribution in [3.63, 3.8) is 0 Å². The fourth-order valence-corrected chi connectivity index (χ4v) is 5.14. The van der Waals surface area contributed by atoms with Gasteiger partial charge in [-0.3, -0.25) is 4.79 Å². The van der Waals surface area contributed by atoms with E-state index >= 15 is 0 Å². The number of rotatable bonds is 7. The highest BCUT2D eigenvalue weighted by atomic mass is 32.2. The summed E-state index contributed by atoms with van der Waals surface area (Å²) in [4.78, 5) is 13.0. The third-order valence-electron chi connectivity index (χ3n) is 5.45.